The molecule has 6 nitrogen and oxygen atoms in total. The zero-order valence-corrected chi connectivity index (χ0v) is 12.3. The Bertz CT molecular complexity index is 735. The molecular formula is C13H9Cl2N3O3. The first-order chi connectivity index (χ1) is 9.88. The number of nitro groups is 1. The zero-order valence-electron chi connectivity index (χ0n) is 10.8. The normalized spacial score (nSPS) is 10.2. The van der Waals surface area contributed by atoms with Gasteiger partial charge in [0.2, 0.25) is 0 Å². The van der Waals surface area contributed by atoms with Gasteiger partial charge in [0.15, 0.2) is 0 Å². The monoisotopic (exact) mass is 325 g/mol. The van der Waals surface area contributed by atoms with Crippen molar-refractivity contribution in [1.82, 2.24) is 4.98 Å². The number of carbonyl (C=O) groups excluding carboxylic acids is 1. The second-order valence-corrected chi connectivity index (χ2v) is 5.00. The Labute approximate surface area is 129 Å². The summed E-state index contributed by atoms with van der Waals surface area (Å²) in [5.74, 6) is -0.582. The van der Waals surface area contributed by atoms with Gasteiger partial charge in [-0.1, -0.05) is 23.2 Å². The third-order valence-electron chi connectivity index (χ3n) is 2.72. The smallest absolute Gasteiger partial charge is 0.288 e. The molecule has 0 radical (unpaired) electrons. The van der Waals surface area contributed by atoms with Gasteiger partial charge in [0.05, 0.1) is 10.5 Å². The number of halogens is 2. The lowest BCUT2D eigenvalue weighted by atomic mass is 10.2. The molecule has 1 aromatic heterocycles. The van der Waals surface area contributed by atoms with Crippen LogP contribution in [0.25, 0.3) is 0 Å². The Morgan fingerprint density at radius 2 is 2.05 bits per heavy atom. The number of benzene rings is 1. The fourth-order valence-electron chi connectivity index (χ4n) is 1.65. The van der Waals surface area contributed by atoms with E-state index in [2.05, 4.69) is 10.3 Å². The minimum absolute atomic E-state index is 0.0692. The van der Waals surface area contributed by atoms with Crippen LogP contribution in [0, 0.1) is 17.0 Å². The van der Waals surface area contributed by atoms with E-state index in [4.69, 9.17) is 23.2 Å². The second-order valence-electron chi connectivity index (χ2n) is 4.20. The molecule has 0 spiro atoms. The van der Waals surface area contributed by atoms with Crippen LogP contribution in [0.4, 0.5) is 11.4 Å². The molecule has 0 saturated heterocycles. The van der Waals surface area contributed by atoms with E-state index in [1.54, 1.807) is 25.1 Å². The highest BCUT2D eigenvalue weighted by Crippen LogP contribution is 2.23. The van der Waals surface area contributed by atoms with E-state index < -0.39 is 10.8 Å². The number of pyridine rings is 1. The maximum atomic E-state index is 12.2. The van der Waals surface area contributed by atoms with Crippen LogP contribution >= 0.6 is 23.2 Å². The fourth-order valence-corrected chi connectivity index (χ4v) is 2.07. The summed E-state index contributed by atoms with van der Waals surface area (Å²) in [7, 11) is 0. The molecule has 1 heterocycles. The van der Waals surface area contributed by atoms with E-state index in [0.717, 1.165) is 17.8 Å². The van der Waals surface area contributed by atoms with Crippen molar-refractivity contribution in [2.45, 2.75) is 6.92 Å². The molecule has 0 unspecified atom stereocenters. The van der Waals surface area contributed by atoms with Crippen molar-refractivity contribution in [2.24, 2.45) is 0 Å². The molecule has 0 aliphatic rings. The van der Waals surface area contributed by atoms with Crippen LogP contribution in [0.1, 0.15) is 15.9 Å². The summed E-state index contributed by atoms with van der Waals surface area (Å²) < 4.78 is 0. The summed E-state index contributed by atoms with van der Waals surface area (Å²) in [5.41, 5.74) is 0.912. The molecule has 8 heteroatoms. The number of aromatic nitrogens is 1. The van der Waals surface area contributed by atoms with Crippen LogP contribution in [0.5, 0.6) is 0 Å². The van der Waals surface area contributed by atoms with Crippen molar-refractivity contribution in [3.63, 3.8) is 0 Å². The average Bonchev–Trinajstić information content (AvgIpc) is 2.42. The number of hydrogen-bond donors (Lipinski definition) is 1. The number of nitrogens with zero attached hydrogens (tertiary/aromatic N) is 2. The van der Waals surface area contributed by atoms with Gasteiger partial charge in [0.25, 0.3) is 11.6 Å². The van der Waals surface area contributed by atoms with Crippen molar-refractivity contribution in [1.29, 1.82) is 0 Å². The van der Waals surface area contributed by atoms with Crippen LogP contribution in [-0.2, 0) is 0 Å². The summed E-state index contributed by atoms with van der Waals surface area (Å²) >= 11 is 11.6. The number of hydrogen-bond acceptors (Lipinski definition) is 4. The topological polar surface area (TPSA) is 85.1 Å². The molecule has 1 aromatic carbocycles. The molecule has 0 atom stereocenters. The van der Waals surface area contributed by atoms with E-state index in [0.29, 0.717) is 10.7 Å². The summed E-state index contributed by atoms with van der Waals surface area (Å²) in [6, 6.07) is 6.02. The van der Waals surface area contributed by atoms with Gasteiger partial charge in [-0.15, -0.1) is 0 Å². The molecule has 0 aliphatic carbocycles. The van der Waals surface area contributed by atoms with E-state index in [1.165, 1.54) is 0 Å². The van der Waals surface area contributed by atoms with Gasteiger partial charge < -0.3 is 5.32 Å². The van der Waals surface area contributed by atoms with Gasteiger partial charge in [-0.25, -0.2) is 4.98 Å². The van der Waals surface area contributed by atoms with E-state index >= 15 is 0 Å². The van der Waals surface area contributed by atoms with Crippen molar-refractivity contribution in [3.8, 4) is 0 Å². The molecule has 2 rings (SSSR count). The van der Waals surface area contributed by atoms with Crippen molar-refractivity contribution >= 4 is 40.5 Å². The zero-order chi connectivity index (χ0) is 15.6. The molecule has 2 aromatic rings. The summed E-state index contributed by atoms with van der Waals surface area (Å²) in [6.07, 6.45) is 0.993. The Kier molecular flexibility index (Phi) is 4.40. The maximum absolute atomic E-state index is 12.2. The van der Waals surface area contributed by atoms with Gasteiger partial charge in [-0.05, 0) is 30.7 Å². The van der Waals surface area contributed by atoms with Crippen LogP contribution in [0.2, 0.25) is 10.2 Å². The first-order valence-corrected chi connectivity index (χ1v) is 6.51. The molecule has 0 saturated carbocycles. The van der Waals surface area contributed by atoms with Crippen molar-refractivity contribution in [3.05, 3.63) is 61.9 Å². The standard InChI is InChI=1S/C13H9Cl2N3O3/c1-7-4-8(14)2-3-11(7)17-13(19)10-5-9(18(20)21)6-16-12(10)15/h2-6H,1H3,(H,17,19). The highest BCUT2D eigenvalue weighted by molar-refractivity contribution is 6.33. The van der Waals surface area contributed by atoms with Crippen molar-refractivity contribution < 1.29 is 9.72 Å². The van der Waals surface area contributed by atoms with Crippen LogP contribution in [0.15, 0.2) is 30.5 Å². The molecule has 0 bridgehead atoms. The van der Waals surface area contributed by atoms with E-state index in [1.807, 2.05) is 0 Å². The number of aryl methyl sites for hydroxylation is 1. The summed E-state index contributed by atoms with van der Waals surface area (Å²) in [5, 5.41) is 13.8. The number of anilines is 1. The molecule has 0 aliphatic heterocycles. The Morgan fingerprint density at radius 3 is 2.67 bits per heavy atom. The molecule has 108 valence electrons. The fraction of sp³-hybridized carbons (Fsp3) is 0.0769. The lowest BCUT2D eigenvalue weighted by molar-refractivity contribution is -0.385. The van der Waals surface area contributed by atoms with Gasteiger partial charge in [0, 0.05) is 16.8 Å². The van der Waals surface area contributed by atoms with Gasteiger partial charge >= 0.3 is 0 Å². The molecular weight excluding hydrogens is 317 g/mol. The minimum Gasteiger partial charge on any atom is -0.322 e. The highest BCUT2D eigenvalue weighted by Gasteiger charge is 2.17. The Hall–Kier alpha value is -2.18. The largest absolute Gasteiger partial charge is 0.322 e. The maximum Gasteiger partial charge on any atom is 0.288 e. The van der Waals surface area contributed by atoms with E-state index in [9.17, 15) is 14.9 Å². The molecule has 1 amide bonds. The number of nitrogens with one attached hydrogen (secondary N) is 1. The molecule has 21 heavy (non-hydrogen) atoms. The third-order valence-corrected chi connectivity index (χ3v) is 3.25. The lowest BCUT2D eigenvalue weighted by Gasteiger charge is -2.09. The Morgan fingerprint density at radius 1 is 1.33 bits per heavy atom. The van der Waals surface area contributed by atoms with Gasteiger partial charge in [-0.3, -0.25) is 14.9 Å². The van der Waals surface area contributed by atoms with E-state index in [-0.39, 0.29) is 16.4 Å². The summed E-state index contributed by atoms with van der Waals surface area (Å²) in [4.78, 5) is 25.9. The first kappa shape index (κ1) is 15.2. The van der Waals surface area contributed by atoms with Crippen LogP contribution in [0.3, 0.4) is 0 Å². The lowest BCUT2D eigenvalue weighted by Crippen LogP contribution is -2.14. The van der Waals surface area contributed by atoms with Crippen LogP contribution in [-0.4, -0.2) is 15.8 Å². The third kappa shape index (κ3) is 3.48. The van der Waals surface area contributed by atoms with Gasteiger partial charge in [-0.2, -0.15) is 0 Å². The predicted octanol–water partition coefficient (Wildman–Crippen LogP) is 3.86. The van der Waals surface area contributed by atoms with Gasteiger partial charge in [0.1, 0.15) is 11.3 Å². The SMILES string of the molecule is Cc1cc(Cl)ccc1NC(=O)c1cc([N+](=O)[O-])cnc1Cl. The molecule has 0 fully saturated rings. The minimum atomic E-state index is -0.645. The molecule has 1 N–H and O–H groups in total. The number of carbonyl (C=O) groups is 1. The first-order valence-electron chi connectivity index (χ1n) is 5.76. The number of amides is 1. The second kappa shape index (κ2) is 6.07. The van der Waals surface area contributed by atoms with Crippen molar-refractivity contribution in [2.75, 3.05) is 5.32 Å². The summed E-state index contributed by atoms with van der Waals surface area (Å²) in [6.45, 7) is 1.77. The van der Waals surface area contributed by atoms with Crippen LogP contribution < -0.4 is 5.32 Å². The Balaban J connectivity index is 2.32. The predicted molar refractivity (Wildman–Crippen MR) is 80.0 cm³/mol. The number of rotatable bonds is 3. The quantitative estimate of drug-likeness (QED) is 0.527. The highest BCUT2D eigenvalue weighted by atomic mass is 35.5. The average molecular weight is 326 g/mol.